The number of nitrogens with zero attached hydrogens (tertiary/aromatic N) is 2. The maximum Gasteiger partial charge on any atom is 0.113 e. The van der Waals surface area contributed by atoms with E-state index in [9.17, 15) is 5.21 Å². The fourth-order valence-corrected chi connectivity index (χ4v) is 1.81. The predicted octanol–water partition coefficient (Wildman–Crippen LogP) is 2.47. The van der Waals surface area contributed by atoms with Crippen LogP contribution in [-0.2, 0) is 5.41 Å². The molecule has 0 radical (unpaired) electrons. The minimum atomic E-state index is 0.0110. The first kappa shape index (κ1) is 11.5. The first-order valence-electron chi connectivity index (χ1n) is 5.47. The highest BCUT2D eigenvalue weighted by Gasteiger charge is 2.14. The number of fused-ring (bicyclic) bond motifs is 1. The summed E-state index contributed by atoms with van der Waals surface area (Å²) in [5.74, 6) is 0. The first-order chi connectivity index (χ1) is 7.93. The van der Waals surface area contributed by atoms with Crippen molar-refractivity contribution in [1.29, 1.82) is 0 Å². The average Bonchev–Trinajstić information content (AvgIpc) is 2.28. The van der Waals surface area contributed by atoms with Crippen LogP contribution in [0.25, 0.3) is 10.9 Å². The zero-order valence-electron chi connectivity index (χ0n) is 10.2. The largest absolute Gasteiger partial charge is 0.428 e. The average molecular weight is 232 g/mol. The molecule has 0 aliphatic heterocycles. The van der Waals surface area contributed by atoms with Gasteiger partial charge in [0, 0.05) is 11.6 Å². The van der Waals surface area contributed by atoms with Crippen molar-refractivity contribution in [2.45, 2.75) is 26.2 Å². The van der Waals surface area contributed by atoms with Gasteiger partial charge in [0.15, 0.2) is 0 Å². The fraction of sp³-hybridized carbons (Fsp3) is 0.308. The molecule has 90 valence electrons. The first-order valence-corrected chi connectivity index (χ1v) is 5.47. The van der Waals surface area contributed by atoms with Crippen molar-refractivity contribution in [3.8, 4) is 0 Å². The topological polar surface area (TPSA) is 57.8 Å². The number of aromatic nitrogens is 1. The summed E-state index contributed by atoms with van der Waals surface area (Å²) in [5, 5.41) is 23.1. The molecule has 0 bridgehead atoms. The third-order valence-corrected chi connectivity index (χ3v) is 2.87. The van der Waals surface area contributed by atoms with E-state index in [0.717, 1.165) is 15.7 Å². The maximum atomic E-state index is 9.68. The van der Waals surface area contributed by atoms with E-state index >= 15 is 0 Å². The lowest BCUT2D eigenvalue weighted by atomic mass is 9.86. The van der Waals surface area contributed by atoms with Gasteiger partial charge in [0.25, 0.3) is 0 Å². The molecule has 0 fully saturated rings. The number of rotatable bonds is 0. The van der Waals surface area contributed by atoms with Gasteiger partial charge < -0.3 is 10.4 Å². The lowest BCUT2D eigenvalue weighted by molar-refractivity contribution is 0.197. The van der Waals surface area contributed by atoms with E-state index < -0.39 is 0 Å². The standard InChI is InChI=1S/C13H16N2O2/c1-13(2,3)9-4-5-12-10(8-9)11(14-16)6-7-15(12)17/h4-8,16-17H,1-3H3/b14-11+. The summed E-state index contributed by atoms with van der Waals surface area (Å²) in [5.41, 5.74) is 1.76. The molecule has 0 saturated carbocycles. The van der Waals surface area contributed by atoms with Crippen LogP contribution < -0.4 is 5.36 Å². The summed E-state index contributed by atoms with van der Waals surface area (Å²) >= 11 is 0. The van der Waals surface area contributed by atoms with Gasteiger partial charge in [0.05, 0.1) is 5.52 Å². The third-order valence-electron chi connectivity index (χ3n) is 2.87. The second-order valence-electron chi connectivity index (χ2n) is 5.13. The van der Waals surface area contributed by atoms with Crippen LogP contribution in [0.15, 0.2) is 35.6 Å². The molecule has 0 atom stereocenters. The smallest absolute Gasteiger partial charge is 0.113 e. The lowest BCUT2D eigenvalue weighted by Crippen LogP contribution is -2.14. The number of benzene rings is 1. The van der Waals surface area contributed by atoms with Gasteiger partial charge in [-0.05, 0) is 29.2 Å². The van der Waals surface area contributed by atoms with Gasteiger partial charge in [0.1, 0.15) is 5.36 Å². The Labute approximate surface area is 99.4 Å². The van der Waals surface area contributed by atoms with Crippen LogP contribution in [0, 0.1) is 0 Å². The fourth-order valence-electron chi connectivity index (χ4n) is 1.81. The zero-order valence-corrected chi connectivity index (χ0v) is 10.2. The van der Waals surface area contributed by atoms with E-state index in [1.54, 1.807) is 6.07 Å². The van der Waals surface area contributed by atoms with Crippen molar-refractivity contribution >= 4 is 10.9 Å². The van der Waals surface area contributed by atoms with Crippen molar-refractivity contribution in [3.05, 3.63) is 41.4 Å². The molecule has 1 aromatic carbocycles. The van der Waals surface area contributed by atoms with E-state index in [4.69, 9.17) is 5.21 Å². The molecule has 2 aromatic rings. The van der Waals surface area contributed by atoms with Gasteiger partial charge >= 0.3 is 0 Å². The molecule has 2 rings (SSSR count). The summed E-state index contributed by atoms with van der Waals surface area (Å²) in [6.45, 7) is 6.33. The molecule has 0 aliphatic carbocycles. The second-order valence-corrected chi connectivity index (χ2v) is 5.13. The van der Waals surface area contributed by atoms with Crippen molar-refractivity contribution in [3.63, 3.8) is 0 Å². The van der Waals surface area contributed by atoms with E-state index in [1.807, 2.05) is 18.2 Å². The van der Waals surface area contributed by atoms with Crippen molar-refractivity contribution in [2.75, 3.05) is 0 Å². The molecule has 0 spiro atoms. The van der Waals surface area contributed by atoms with E-state index in [-0.39, 0.29) is 5.41 Å². The molecular weight excluding hydrogens is 216 g/mol. The van der Waals surface area contributed by atoms with Gasteiger partial charge in [-0.3, -0.25) is 0 Å². The van der Waals surface area contributed by atoms with Crippen LogP contribution in [-0.4, -0.2) is 15.1 Å². The van der Waals surface area contributed by atoms with Crippen LogP contribution >= 0.6 is 0 Å². The number of hydrogen-bond acceptors (Lipinski definition) is 3. The Bertz CT molecular complexity index is 621. The molecule has 17 heavy (non-hydrogen) atoms. The Morgan fingerprint density at radius 3 is 2.47 bits per heavy atom. The molecular formula is C13H16N2O2. The quantitative estimate of drug-likeness (QED) is 0.416. The SMILES string of the molecule is CC(C)(C)c1ccc2c(c1)/c(=N/O)ccn2O. The summed E-state index contributed by atoms with van der Waals surface area (Å²) in [6, 6.07) is 7.30. The number of hydrogen-bond donors (Lipinski definition) is 2. The Kier molecular flexibility index (Phi) is 2.58. The molecule has 0 amide bonds. The van der Waals surface area contributed by atoms with Crippen LogP contribution in [0.2, 0.25) is 0 Å². The van der Waals surface area contributed by atoms with Crippen LogP contribution in [0.4, 0.5) is 0 Å². The lowest BCUT2D eigenvalue weighted by Gasteiger charge is -2.19. The molecule has 0 saturated heterocycles. The Balaban J connectivity index is 2.85. The van der Waals surface area contributed by atoms with Gasteiger partial charge in [-0.1, -0.05) is 32.0 Å². The molecule has 4 heteroatoms. The summed E-state index contributed by atoms with van der Waals surface area (Å²) in [7, 11) is 0. The van der Waals surface area contributed by atoms with Gasteiger partial charge in [-0.15, -0.1) is 0 Å². The van der Waals surface area contributed by atoms with E-state index in [1.165, 1.54) is 6.20 Å². The molecule has 4 nitrogen and oxygen atoms in total. The molecule has 2 N–H and O–H groups in total. The van der Waals surface area contributed by atoms with Crippen molar-refractivity contribution in [1.82, 2.24) is 4.73 Å². The van der Waals surface area contributed by atoms with Gasteiger partial charge in [-0.25, -0.2) is 0 Å². The molecule has 1 heterocycles. The molecule has 0 unspecified atom stereocenters. The maximum absolute atomic E-state index is 9.68. The van der Waals surface area contributed by atoms with Crippen molar-refractivity contribution in [2.24, 2.45) is 5.16 Å². The minimum absolute atomic E-state index is 0.0110. The summed E-state index contributed by atoms with van der Waals surface area (Å²) in [4.78, 5) is 0. The minimum Gasteiger partial charge on any atom is -0.428 e. The van der Waals surface area contributed by atoms with Gasteiger partial charge in [0.2, 0.25) is 0 Å². The summed E-state index contributed by atoms with van der Waals surface area (Å²) in [6.07, 6.45) is 1.45. The highest BCUT2D eigenvalue weighted by atomic mass is 16.5. The predicted molar refractivity (Wildman–Crippen MR) is 65.2 cm³/mol. The number of pyridine rings is 1. The van der Waals surface area contributed by atoms with Crippen LogP contribution in [0.1, 0.15) is 26.3 Å². The van der Waals surface area contributed by atoms with Crippen molar-refractivity contribution < 1.29 is 10.4 Å². The van der Waals surface area contributed by atoms with Crippen LogP contribution in [0.5, 0.6) is 0 Å². The monoisotopic (exact) mass is 232 g/mol. The van der Waals surface area contributed by atoms with E-state index in [0.29, 0.717) is 10.9 Å². The highest BCUT2D eigenvalue weighted by molar-refractivity contribution is 5.79. The van der Waals surface area contributed by atoms with Gasteiger partial charge in [-0.2, -0.15) is 4.73 Å². The Morgan fingerprint density at radius 1 is 1.18 bits per heavy atom. The Hall–Kier alpha value is -1.97. The van der Waals surface area contributed by atoms with E-state index in [2.05, 4.69) is 25.9 Å². The van der Waals surface area contributed by atoms with Crippen LogP contribution in [0.3, 0.4) is 0 Å². The molecule has 1 aromatic heterocycles. The zero-order chi connectivity index (χ0) is 12.6. The molecule has 0 aliphatic rings. The Morgan fingerprint density at radius 2 is 1.88 bits per heavy atom. The normalized spacial score (nSPS) is 13.2. The third kappa shape index (κ3) is 1.98. The summed E-state index contributed by atoms with van der Waals surface area (Å²) < 4.78 is 1.02. The highest BCUT2D eigenvalue weighted by Crippen LogP contribution is 2.24. The second kappa shape index (κ2) is 3.80.